The summed E-state index contributed by atoms with van der Waals surface area (Å²) in [6.45, 7) is 8.39. The zero-order valence-electron chi connectivity index (χ0n) is 14.9. The summed E-state index contributed by atoms with van der Waals surface area (Å²) in [6, 6.07) is 1.96. The van der Waals surface area contributed by atoms with Crippen molar-refractivity contribution < 1.29 is 9.53 Å². The van der Waals surface area contributed by atoms with Crippen molar-refractivity contribution in [2.75, 3.05) is 11.9 Å². The average Bonchev–Trinajstić information content (AvgIpc) is 3.11. The van der Waals surface area contributed by atoms with E-state index in [2.05, 4.69) is 38.3 Å². The molecule has 0 aliphatic heterocycles. The second-order valence-electron chi connectivity index (χ2n) is 7.43. The summed E-state index contributed by atoms with van der Waals surface area (Å²) in [4.78, 5) is 16.9. The summed E-state index contributed by atoms with van der Waals surface area (Å²) in [7, 11) is 0. The van der Waals surface area contributed by atoms with Gasteiger partial charge in [0.05, 0.1) is 11.4 Å². The zero-order valence-corrected chi connectivity index (χ0v) is 17.3. The van der Waals surface area contributed by atoms with Gasteiger partial charge in [-0.2, -0.15) is 4.68 Å². The second-order valence-corrected chi connectivity index (χ2v) is 9.56. The first-order valence-electron chi connectivity index (χ1n) is 8.41. The van der Waals surface area contributed by atoms with Crippen LogP contribution < -0.4 is 5.32 Å². The molecule has 25 heavy (non-hydrogen) atoms. The fourth-order valence-electron chi connectivity index (χ4n) is 2.46. The molecule has 1 saturated carbocycles. The highest BCUT2D eigenvalue weighted by atomic mass is 79.9. The Morgan fingerprint density at radius 3 is 2.80 bits per heavy atom. The van der Waals surface area contributed by atoms with Crippen LogP contribution in [0, 0.1) is 0 Å². The third kappa shape index (κ3) is 4.82. The highest BCUT2D eigenvalue weighted by Gasteiger charge is 2.32. The first-order chi connectivity index (χ1) is 11.7. The number of rotatable bonds is 5. The van der Waals surface area contributed by atoms with Gasteiger partial charge in [0, 0.05) is 29.8 Å². The van der Waals surface area contributed by atoms with Gasteiger partial charge in [-0.25, -0.2) is 9.78 Å². The first kappa shape index (κ1) is 18.4. The van der Waals surface area contributed by atoms with E-state index < -0.39 is 11.7 Å². The standard InChI is InChI=1S/C17H23BrN4O2S/c1-10(12-9-25-15(18)20-12)8-19-14-7-13(11-5-6-11)22(21-14)16(23)24-17(2,3)4/h7,9-11H,5-6,8H2,1-4H3,(H,19,21). The molecule has 2 heterocycles. The van der Waals surface area contributed by atoms with Crippen molar-refractivity contribution in [3.05, 3.63) is 26.8 Å². The SMILES string of the molecule is CC(CNc1cc(C2CC2)n(C(=O)OC(C)(C)C)n1)c1csc(Br)n1. The van der Waals surface area contributed by atoms with E-state index in [9.17, 15) is 4.79 Å². The number of carbonyl (C=O) groups excluding carboxylic acids is 1. The molecule has 2 aromatic rings. The van der Waals surface area contributed by atoms with Crippen LogP contribution in [-0.2, 0) is 4.74 Å². The van der Waals surface area contributed by atoms with Crippen LogP contribution >= 0.6 is 27.3 Å². The Kier molecular flexibility index (Phi) is 5.20. The number of halogens is 1. The van der Waals surface area contributed by atoms with Gasteiger partial charge in [-0.15, -0.1) is 16.4 Å². The molecule has 1 aliphatic rings. The van der Waals surface area contributed by atoms with Crippen LogP contribution in [0.5, 0.6) is 0 Å². The molecule has 0 spiro atoms. The molecule has 3 rings (SSSR count). The molecule has 1 unspecified atom stereocenters. The average molecular weight is 427 g/mol. The maximum atomic E-state index is 12.4. The Balaban J connectivity index is 1.70. The number of carbonyl (C=O) groups is 1. The lowest BCUT2D eigenvalue weighted by molar-refractivity contribution is 0.0510. The van der Waals surface area contributed by atoms with Gasteiger partial charge >= 0.3 is 6.09 Å². The molecule has 1 N–H and O–H groups in total. The van der Waals surface area contributed by atoms with Crippen LogP contribution in [0.2, 0.25) is 0 Å². The van der Waals surface area contributed by atoms with E-state index in [-0.39, 0.29) is 5.92 Å². The summed E-state index contributed by atoms with van der Waals surface area (Å²) in [5.74, 6) is 1.36. The van der Waals surface area contributed by atoms with E-state index in [0.717, 1.165) is 28.1 Å². The van der Waals surface area contributed by atoms with Crippen LogP contribution in [0.4, 0.5) is 10.6 Å². The van der Waals surface area contributed by atoms with Crippen molar-refractivity contribution in [1.29, 1.82) is 0 Å². The van der Waals surface area contributed by atoms with E-state index in [0.29, 0.717) is 18.3 Å². The van der Waals surface area contributed by atoms with E-state index >= 15 is 0 Å². The maximum absolute atomic E-state index is 12.4. The number of nitrogens with one attached hydrogen (secondary N) is 1. The van der Waals surface area contributed by atoms with Crippen LogP contribution in [0.25, 0.3) is 0 Å². The molecule has 0 aromatic carbocycles. The molecule has 6 nitrogen and oxygen atoms in total. The van der Waals surface area contributed by atoms with E-state index in [1.54, 1.807) is 11.3 Å². The number of hydrogen-bond acceptors (Lipinski definition) is 6. The van der Waals surface area contributed by atoms with Gasteiger partial charge in [0.1, 0.15) is 11.4 Å². The summed E-state index contributed by atoms with van der Waals surface area (Å²) in [6.07, 6.45) is 1.77. The normalized spacial score (nSPS) is 15.9. The van der Waals surface area contributed by atoms with Crippen molar-refractivity contribution >= 4 is 39.2 Å². The van der Waals surface area contributed by atoms with Crippen LogP contribution in [0.1, 0.15) is 63.8 Å². The summed E-state index contributed by atoms with van der Waals surface area (Å²) in [5.41, 5.74) is 1.43. The van der Waals surface area contributed by atoms with Crippen molar-refractivity contribution in [3.63, 3.8) is 0 Å². The van der Waals surface area contributed by atoms with Gasteiger partial charge in [-0.05, 0) is 49.5 Å². The molecule has 1 fully saturated rings. The lowest BCUT2D eigenvalue weighted by atomic mass is 10.1. The lowest BCUT2D eigenvalue weighted by Crippen LogP contribution is -2.28. The lowest BCUT2D eigenvalue weighted by Gasteiger charge is -2.19. The number of aromatic nitrogens is 3. The number of thiazole rings is 1. The fraction of sp³-hybridized carbons (Fsp3) is 0.588. The fourth-order valence-corrected chi connectivity index (χ4v) is 3.60. The molecule has 8 heteroatoms. The molecule has 0 radical (unpaired) electrons. The second kappa shape index (κ2) is 7.07. The van der Waals surface area contributed by atoms with E-state index in [1.807, 2.05) is 32.2 Å². The van der Waals surface area contributed by atoms with Gasteiger partial charge in [-0.1, -0.05) is 6.92 Å². The van der Waals surface area contributed by atoms with Gasteiger partial charge in [-0.3, -0.25) is 0 Å². The molecule has 0 bridgehead atoms. The minimum absolute atomic E-state index is 0.249. The predicted octanol–water partition coefficient (Wildman–Crippen LogP) is 4.98. The van der Waals surface area contributed by atoms with Gasteiger partial charge < -0.3 is 10.1 Å². The molecule has 1 atom stereocenters. The number of hydrogen-bond donors (Lipinski definition) is 1. The van der Waals surface area contributed by atoms with Crippen molar-refractivity contribution in [1.82, 2.24) is 14.8 Å². The quantitative estimate of drug-likeness (QED) is 0.729. The largest absolute Gasteiger partial charge is 0.442 e. The molecule has 0 amide bonds. The van der Waals surface area contributed by atoms with Crippen LogP contribution in [0.15, 0.2) is 15.4 Å². The highest BCUT2D eigenvalue weighted by Crippen LogP contribution is 2.41. The molecule has 0 saturated heterocycles. The summed E-state index contributed by atoms with van der Waals surface area (Å²) < 4.78 is 7.77. The molecular formula is C17H23BrN4O2S. The van der Waals surface area contributed by atoms with Gasteiger partial charge in [0.25, 0.3) is 0 Å². The Labute approximate surface area is 160 Å². The smallest absolute Gasteiger partial charge is 0.435 e. The summed E-state index contributed by atoms with van der Waals surface area (Å²) >= 11 is 4.97. The zero-order chi connectivity index (χ0) is 18.2. The molecule has 136 valence electrons. The number of ether oxygens (including phenoxy) is 1. The first-order valence-corrected chi connectivity index (χ1v) is 10.1. The van der Waals surface area contributed by atoms with Gasteiger partial charge in [0.2, 0.25) is 0 Å². The monoisotopic (exact) mass is 426 g/mol. The third-order valence-electron chi connectivity index (χ3n) is 3.89. The molecular weight excluding hydrogens is 404 g/mol. The van der Waals surface area contributed by atoms with Crippen LogP contribution in [-0.4, -0.2) is 33.0 Å². The van der Waals surface area contributed by atoms with Crippen molar-refractivity contribution in [2.45, 2.75) is 58.0 Å². The van der Waals surface area contributed by atoms with E-state index in [4.69, 9.17) is 4.74 Å². The van der Waals surface area contributed by atoms with Gasteiger partial charge in [0.15, 0.2) is 3.92 Å². The maximum Gasteiger partial charge on any atom is 0.435 e. The number of anilines is 1. The molecule has 2 aromatic heterocycles. The Bertz CT molecular complexity index is 761. The summed E-state index contributed by atoms with van der Waals surface area (Å²) in [5, 5.41) is 9.80. The minimum Gasteiger partial charge on any atom is -0.442 e. The highest BCUT2D eigenvalue weighted by molar-refractivity contribution is 9.11. The Morgan fingerprint density at radius 1 is 1.52 bits per heavy atom. The molecule has 1 aliphatic carbocycles. The Morgan fingerprint density at radius 2 is 2.24 bits per heavy atom. The van der Waals surface area contributed by atoms with E-state index in [1.165, 1.54) is 4.68 Å². The Hall–Kier alpha value is -1.41. The number of nitrogens with zero attached hydrogens (tertiary/aromatic N) is 3. The van der Waals surface area contributed by atoms with Crippen LogP contribution in [0.3, 0.4) is 0 Å². The predicted molar refractivity (Wildman–Crippen MR) is 103 cm³/mol. The van der Waals surface area contributed by atoms with Crippen molar-refractivity contribution in [2.24, 2.45) is 0 Å². The van der Waals surface area contributed by atoms with Crippen molar-refractivity contribution in [3.8, 4) is 0 Å². The third-order valence-corrected chi connectivity index (χ3v) is 5.27. The topological polar surface area (TPSA) is 69.0 Å². The minimum atomic E-state index is -0.538.